The van der Waals surface area contributed by atoms with Crippen LogP contribution in [-0.2, 0) is 0 Å². The molecule has 2 aromatic rings. The molecule has 98 valence electrons. The van der Waals surface area contributed by atoms with Crippen LogP contribution in [0.1, 0.15) is 10.4 Å². The van der Waals surface area contributed by atoms with Gasteiger partial charge >= 0.3 is 0 Å². The number of anilines is 1. The minimum Gasteiger partial charge on any atom is -0.309 e. The van der Waals surface area contributed by atoms with Crippen molar-refractivity contribution in [1.82, 2.24) is 4.98 Å². The Hall–Kier alpha value is -1.65. The fourth-order valence-electron chi connectivity index (χ4n) is 1.56. The van der Waals surface area contributed by atoms with E-state index in [9.17, 15) is 9.18 Å². The standard InChI is InChI=1S/C13H9Cl2FN2O/c1-18(11-5-3-2-4-10(11)16)13(19)8-6-9(14)12(15)17-7-8/h2-7H,1H3. The van der Waals surface area contributed by atoms with Gasteiger partial charge in [-0.2, -0.15) is 0 Å². The minimum absolute atomic E-state index is 0.117. The highest BCUT2D eigenvalue weighted by molar-refractivity contribution is 6.41. The zero-order valence-electron chi connectivity index (χ0n) is 9.90. The predicted octanol–water partition coefficient (Wildman–Crippen LogP) is 3.80. The number of hydrogen-bond acceptors (Lipinski definition) is 2. The van der Waals surface area contributed by atoms with Crippen molar-refractivity contribution in [3.8, 4) is 0 Å². The molecule has 19 heavy (non-hydrogen) atoms. The van der Waals surface area contributed by atoms with E-state index in [1.54, 1.807) is 12.1 Å². The van der Waals surface area contributed by atoms with Crippen LogP contribution in [0.15, 0.2) is 36.5 Å². The summed E-state index contributed by atoms with van der Waals surface area (Å²) in [6.07, 6.45) is 1.30. The maximum Gasteiger partial charge on any atom is 0.259 e. The zero-order chi connectivity index (χ0) is 14.0. The Bertz CT molecular complexity index is 634. The number of pyridine rings is 1. The molecular formula is C13H9Cl2FN2O. The first-order valence-electron chi connectivity index (χ1n) is 5.34. The first kappa shape index (κ1) is 13.8. The topological polar surface area (TPSA) is 33.2 Å². The molecule has 3 nitrogen and oxygen atoms in total. The number of hydrogen-bond donors (Lipinski definition) is 0. The van der Waals surface area contributed by atoms with Gasteiger partial charge in [0.2, 0.25) is 0 Å². The van der Waals surface area contributed by atoms with Crippen LogP contribution >= 0.6 is 23.2 Å². The van der Waals surface area contributed by atoms with Gasteiger partial charge in [-0.05, 0) is 18.2 Å². The van der Waals surface area contributed by atoms with Gasteiger partial charge < -0.3 is 4.90 Å². The molecule has 0 aliphatic carbocycles. The first-order chi connectivity index (χ1) is 9.00. The fraction of sp³-hybridized carbons (Fsp3) is 0.0769. The van der Waals surface area contributed by atoms with Crippen LogP contribution in [0.3, 0.4) is 0 Å². The van der Waals surface area contributed by atoms with Crippen LogP contribution < -0.4 is 4.90 Å². The van der Waals surface area contributed by atoms with Crippen molar-refractivity contribution >= 4 is 34.8 Å². The molecule has 0 unspecified atom stereocenters. The molecule has 6 heteroatoms. The third-order valence-electron chi connectivity index (χ3n) is 2.56. The number of carbonyl (C=O) groups is 1. The SMILES string of the molecule is CN(C(=O)c1cnc(Cl)c(Cl)c1)c1ccccc1F. The average Bonchev–Trinajstić information content (AvgIpc) is 2.41. The molecule has 0 fully saturated rings. The van der Waals surface area contributed by atoms with E-state index in [2.05, 4.69) is 4.98 Å². The van der Waals surface area contributed by atoms with E-state index in [1.165, 1.54) is 36.3 Å². The maximum absolute atomic E-state index is 13.6. The van der Waals surface area contributed by atoms with Gasteiger partial charge in [-0.15, -0.1) is 0 Å². The van der Waals surface area contributed by atoms with Crippen LogP contribution in [0, 0.1) is 5.82 Å². The molecule has 1 aromatic carbocycles. The lowest BCUT2D eigenvalue weighted by Crippen LogP contribution is -2.27. The van der Waals surface area contributed by atoms with Crippen LogP contribution in [0.4, 0.5) is 10.1 Å². The van der Waals surface area contributed by atoms with Gasteiger partial charge in [0.25, 0.3) is 5.91 Å². The smallest absolute Gasteiger partial charge is 0.259 e. The monoisotopic (exact) mass is 298 g/mol. The summed E-state index contributed by atoms with van der Waals surface area (Å²) in [7, 11) is 1.48. The quantitative estimate of drug-likeness (QED) is 0.790. The maximum atomic E-state index is 13.6. The van der Waals surface area contributed by atoms with Crippen LogP contribution in [0.5, 0.6) is 0 Å². The molecule has 0 saturated heterocycles. The Kier molecular flexibility index (Phi) is 4.02. The molecule has 0 bridgehead atoms. The molecule has 0 atom stereocenters. The van der Waals surface area contributed by atoms with Gasteiger partial charge in [0, 0.05) is 13.2 Å². The molecule has 0 N–H and O–H groups in total. The van der Waals surface area contributed by atoms with Crippen LogP contribution in [0.2, 0.25) is 10.2 Å². The van der Waals surface area contributed by atoms with Gasteiger partial charge in [-0.1, -0.05) is 35.3 Å². The Morgan fingerprint density at radius 1 is 1.32 bits per heavy atom. The highest BCUT2D eigenvalue weighted by atomic mass is 35.5. The van der Waals surface area contributed by atoms with Crippen molar-refractivity contribution in [2.45, 2.75) is 0 Å². The van der Waals surface area contributed by atoms with Crippen molar-refractivity contribution in [2.24, 2.45) is 0 Å². The lowest BCUT2D eigenvalue weighted by atomic mass is 10.2. The van der Waals surface area contributed by atoms with Crippen molar-refractivity contribution in [3.05, 3.63) is 58.1 Å². The largest absolute Gasteiger partial charge is 0.309 e. The summed E-state index contributed by atoms with van der Waals surface area (Å²) in [5, 5.41) is 0.293. The van der Waals surface area contributed by atoms with Gasteiger partial charge in [-0.3, -0.25) is 4.79 Å². The molecule has 0 radical (unpaired) electrons. The molecule has 1 amide bonds. The van der Waals surface area contributed by atoms with Gasteiger partial charge in [0.15, 0.2) is 0 Å². The fourth-order valence-corrected chi connectivity index (χ4v) is 1.83. The van der Waals surface area contributed by atoms with E-state index in [4.69, 9.17) is 23.2 Å². The number of para-hydroxylation sites is 1. The van der Waals surface area contributed by atoms with E-state index in [-0.39, 0.29) is 21.4 Å². The second-order valence-corrected chi connectivity index (χ2v) is 4.58. The molecule has 0 spiro atoms. The summed E-state index contributed by atoms with van der Waals surface area (Å²) in [6, 6.07) is 7.40. The number of rotatable bonds is 2. The molecule has 1 aromatic heterocycles. The average molecular weight is 299 g/mol. The van der Waals surface area contributed by atoms with Gasteiger partial charge in [-0.25, -0.2) is 9.37 Å². The lowest BCUT2D eigenvalue weighted by Gasteiger charge is -2.17. The summed E-state index contributed by atoms with van der Waals surface area (Å²) in [6.45, 7) is 0. The Morgan fingerprint density at radius 2 is 2.00 bits per heavy atom. The molecular weight excluding hydrogens is 290 g/mol. The third-order valence-corrected chi connectivity index (χ3v) is 3.25. The number of nitrogens with zero attached hydrogens (tertiary/aromatic N) is 2. The zero-order valence-corrected chi connectivity index (χ0v) is 11.4. The second-order valence-electron chi connectivity index (χ2n) is 3.81. The van der Waals surface area contributed by atoms with Crippen LogP contribution in [-0.4, -0.2) is 17.9 Å². The summed E-state index contributed by atoms with van der Waals surface area (Å²) in [4.78, 5) is 17.2. The Balaban J connectivity index is 2.34. The summed E-state index contributed by atoms with van der Waals surface area (Å²) in [5.74, 6) is -0.900. The molecule has 0 aliphatic rings. The van der Waals surface area contributed by atoms with Gasteiger partial charge in [0.1, 0.15) is 11.0 Å². The predicted molar refractivity (Wildman–Crippen MR) is 73.4 cm³/mol. The highest BCUT2D eigenvalue weighted by Gasteiger charge is 2.17. The molecule has 0 saturated carbocycles. The highest BCUT2D eigenvalue weighted by Crippen LogP contribution is 2.23. The van der Waals surface area contributed by atoms with E-state index < -0.39 is 11.7 Å². The summed E-state index contributed by atoms with van der Waals surface area (Å²) >= 11 is 11.5. The van der Waals surface area contributed by atoms with E-state index in [1.807, 2.05) is 0 Å². The van der Waals surface area contributed by atoms with Crippen molar-refractivity contribution in [3.63, 3.8) is 0 Å². The minimum atomic E-state index is -0.480. The van der Waals surface area contributed by atoms with Gasteiger partial charge in [0.05, 0.1) is 16.3 Å². The van der Waals surface area contributed by atoms with Crippen LogP contribution in [0.25, 0.3) is 0 Å². The first-order valence-corrected chi connectivity index (χ1v) is 6.10. The third kappa shape index (κ3) is 2.85. The van der Waals surface area contributed by atoms with E-state index >= 15 is 0 Å². The molecule has 0 aliphatic heterocycles. The van der Waals surface area contributed by atoms with E-state index in [0.29, 0.717) is 0 Å². The van der Waals surface area contributed by atoms with Crippen molar-refractivity contribution in [2.75, 3.05) is 11.9 Å². The summed E-state index contributed by atoms with van der Waals surface area (Å²) < 4.78 is 13.6. The molecule has 2 rings (SSSR count). The number of carbonyl (C=O) groups excluding carboxylic acids is 1. The number of amides is 1. The van der Waals surface area contributed by atoms with Crippen molar-refractivity contribution in [1.29, 1.82) is 0 Å². The van der Waals surface area contributed by atoms with Crippen molar-refractivity contribution < 1.29 is 9.18 Å². The number of halogens is 3. The Labute approximate surface area is 119 Å². The number of benzene rings is 1. The normalized spacial score (nSPS) is 10.3. The second kappa shape index (κ2) is 5.55. The Morgan fingerprint density at radius 3 is 2.63 bits per heavy atom. The lowest BCUT2D eigenvalue weighted by molar-refractivity contribution is 0.0992. The number of aromatic nitrogens is 1. The molecule has 1 heterocycles. The summed E-state index contributed by atoms with van der Waals surface area (Å²) in [5.41, 5.74) is 0.415. The van der Waals surface area contributed by atoms with E-state index in [0.717, 1.165) is 0 Å².